The van der Waals surface area contributed by atoms with E-state index in [1.807, 2.05) is 24.6 Å². The van der Waals surface area contributed by atoms with E-state index < -0.39 is 5.91 Å². The molecule has 0 aliphatic carbocycles. The number of rotatable bonds is 4. The molecule has 142 valence electrons. The first kappa shape index (κ1) is 17.8. The molecule has 1 N–H and O–H groups in total. The van der Waals surface area contributed by atoms with Crippen molar-refractivity contribution in [2.45, 2.75) is 26.8 Å². The van der Waals surface area contributed by atoms with E-state index >= 15 is 0 Å². The fraction of sp³-hybridized carbons (Fsp3) is 0.211. The van der Waals surface area contributed by atoms with Crippen LogP contribution in [0, 0.1) is 12.7 Å². The fourth-order valence-electron chi connectivity index (χ4n) is 2.94. The lowest BCUT2D eigenvalue weighted by Gasteiger charge is -2.07. The zero-order chi connectivity index (χ0) is 19.8. The summed E-state index contributed by atoms with van der Waals surface area (Å²) in [6.07, 6.45) is 3.30. The molecule has 0 saturated heterocycles. The Balaban J connectivity index is 1.59. The van der Waals surface area contributed by atoms with Crippen LogP contribution in [-0.2, 0) is 0 Å². The molecule has 9 heteroatoms. The van der Waals surface area contributed by atoms with Gasteiger partial charge in [-0.1, -0.05) is 5.21 Å². The van der Waals surface area contributed by atoms with Crippen LogP contribution in [0.1, 0.15) is 36.1 Å². The van der Waals surface area contributed by atoms with Crippen molar-refractivity contribution in [1.29, 1.82) is 0 Å². The lowest BCUT2D eigenvalue weighted by atomic mass is 10.2. The highest BCUT2D eigenvalue weighted by atomic mass is 19.1. The number of nitrogens with zero attached hydrogens (tertiary/aromatic N) is 6. The van der Waals surface area contributed by atoms with Crippen molar-refractivity contribution in [3.63, 3.8) is 0 Å². The smallest absolute Gasteiger partial charge is 0.278 e. The molecule has 0 atom stereocenters. The second-order valence-corrected chi connectivity index (χ2v) is 6.69. The van der Waals surface area contributed by atoms with Gasteiger partial charge in [-0.2, -0.15) is 5.10 Å². The van der Waals surface area contributed by atoms with Crippen molar-refractivity contribution in [3.8, 4) is 5.69 Å². The minimum absolute atomic E-state index is 0.183. The average Bonchev–Trinajstić information content (AvgIpc) is 3.26. The monoisotopic (exact) mass is 379 g/mol. The summed E-state index contributed by atoms with van der Waals surface area (Å²) in [5.41, 5.74) is 2.64. The number of hydrogen-bond donors (Lipinski definition) is 1. The van der Waals surface area contributed by atoms with Crippen molar-refractivity contribution in [1.82, 2.24) is 29.8 Å². The molecule has 0 radical (unpaired) electrons. The topological polar surface area (TPSA) is 90.5 Å². The number of halogens is 1. The maximum atomic E-state index is 13.1. The molecular formula is C19H18FN7O. The molecule has 28 heavy (non-hydrogen) atoms. The van der Waals surface area contributed by atoms with Crippen LogP contribution in [0.25, 0.3) is 16.7 Å². The van der Waals surface area contributed by atoms with Gasteiger partial charge in [0.25, 0.3) is 5.91 Å². The normalized spacial score (nSPS) is 11.3. The minimum Gasteiger partial charge on any atom is -0.319 e. The summed E-state index contributed by atoms with van der Waals surface area (Å²) in [6, 6.07) is 7.80. The van der Waals surface area contributed by atoms with E-state index in [4.69, 9.17) is 0 Å². The van der Waals surface area contributed by atoms with E-state index in [0.29, 0.717) is 17.1 Å². The molecule has 3 aromatic heterocycles. The van der Waals surface area contributed by atoms with Gasteiger partial charge in [0.15, 0.2) is 11.3 Å². The molecule has 1 aromatic carbocycles. The van der Waals surface area contributed by atoms with Crippen LogP contribution >= 0.6 is 0 Å². The van der Waals surface area contributed by atoms with E-state index in [1.54, 1.807) is 31.5 Å². The Labute approximate surface area is 160 Å². The number of anilines is 1. The molecule has 0 fully saturated rings. The van der Waals surface area contributed by atoms with E-state index in [-0.39, 0.29) is 17.6 Å². The second kappa shape index (κ2) is 6.84. The number of benzene rings is 1. The minimum atomic E-state index is -0.400. The Hall–Kier alpha value is -3.62. The van der Waals surface area contributed by atoms with Crippen molar-refractivity contribution < 1.29 is 9.18 Å². The molecule has 0 aliphatic heterocycles. The standard InChI is InChI=1S/C19H18FN7O/c1-11(2)26-18-13(9-22-26)8-15(10-21-18)23-19(28)17-12(3)27(25-24-17)16-6-4-14(20)5-7-16/h4-11H,1-3H3,(H,23,28). The Kier molecular flexibility index (Phi) is 4.34. The van der Waals surface area contributed by atoms with Crippen molar-refractivity contribution in [2.24, 2.45) is 0 Å². The summed E-state index contributed by atoms with van der Waals surface area (Å²) in [7, 11) is 0. The molecule has 0 saturated carbocycles. The van der Waals surface area contributed by atoms with Crippen LogP contribution in [-0.4, -0.2) is 35.7 Å². The van der Waals surface area contributed by atoms with Crippen molar-refractivity contribution >= 4 is 22.6 Å². The lowest BCUT2D eigenvalue weighted by molar-refractivity contribution is 0.102. The first-order valence-electron chi connectivity index (χ1n) is 8.77. The van der Waals surface area contributed by atoms with Gasteiger partial charge < -0.3 is 5.32 Å². The summed E-state index contributed by atoms with van der Waals surface area (Å²) in [5, 5.41) is 15.9. The number of carbonyl (C=O) groups is 1. The quantitative estimate of drug-likeness (QED) is 0.588. The summed E-state index contributed by atoms with van der Waals surface area (Å²) in [4.78, 5) is 17.0. The van der Waals surface area contributed by atoms with E-state index in [1.165, 1.54) is 16.8 Å². The molecule has 1 amide bonds. The van der Waals surface area contributed by atoms with Crippen LogP contribution in [0.15, 0.2) is 42.7 Å². The molecule has 0 unspecified atom stereocenters. The molecule has 0 bridgehead atoms. The number of aromatic nitrogens is 6. The highest BCUT2D eigenvalue weighted by Crippen LogP contribution is 2.20. The molecule has 4 aromatic rings. The van der Waals surface area contributed by atoms with Gasteiger partial charge >= 0.3 is 0 Å². The van der Waals surface area contributed by atoms with Crippen LogP contribution in [0.2, 0.25) is 0 Å². The van der Waals surface area contributed by atoms with Crippen molar-refractivity contribution in [3.05, 3.63) is 59.9 Å². The van der Waals surface area contributed by atoms with Gasteiger partial charge in [-0.25, -0.2) is 18.7 Å². The predicted octanol–water partition coefficient (Wildman–Crippen LogP) is 3.29. The molecule has 8 nitrogen and oxygen atoms in total. The number of nitrogens with one attached hydrogen (secondary N) is 1. The number of carbonyl (C=O) groups excluding carboxylic acids is 1. The lowest BCUT2D eigenvalue weighted by Crippen LogP contribution is -2.14. The van der Waals surface area contributed by atoms with Gasteiger partial charge in [0.05, 0.1) is 29.5 Å². The SMILES string of the molecule is Cc1c(C(=O)Nc2cnc3c(cnn3C(C)C)c2)nnn1-c1ccc(F)cc1. The Bertz CT molecular complexity index is 1160. The van der Waals surface area contributed by atoms with Gasteiger partial charge in [0.2, 0.25) is 0 Å². The van der Waals surface area contributed by atoms with Gasteiger partial charge in [-0.05, 0) is 51.1 Å². The third-order valence-corrected chi connectivity index (χ3v) is 4.36. The van der Waals surface area contributed by atoms with Crippen molar-refractivity contribution in [2.75, 3.05) is 5.32 Å². The predicted molar refractivity (Wildman–Crippen MR) is 102 cm³/mol. The molecule has 4 rings (SSSR count). The van der Waals surface area contributed by atoms with Gasteiger partial charge in [0.1, 0.15) is 5.82 Å². The largest absolute Gasteiger partial charge is 0.319 e. The molecule has 0 spiro atoms. The fourth-order valence-corrected chi connectivity index (χ4v) is 2.94. The van der Waals surface area contributed by atoms with Crippen LogP contribution in [0.5, 0.6) is 0 Å². The van der Waals surface area contributed by atoms with Crippen LogP contribution < -0.4 is 5.32 Å². The summed E-state index contributed by atoms with van der Waals surface area (Å²) < 4.78 is 16.4. The Morgan fingerprint density at radius 1 is 1.18 bits per heavy atom. The molecular weight excluding hydrogens is 361 g/mol. The third kappa shape index (κ3) is 3.11. The number of amides is 1. The summed E-state index contributed by atoms with van der Waals surface area (Å²) in [6.45, 7) is 5.78. The maximum absolute atomic E-state index is 13.1. The highest BCUT2D eigenvalue weighted by Gasteiger charge is 2.18. The highest BCUT2D eigenvalue weighted by molar-refractivity contribution is 6.04. The maximum Gasteiger partial charge on any atom is 0.278 e. The van der Waals surface area contributed by atoms with Gasteiger partial charge in [-0.3, -0.25) is 4.79 Å². The van der Waals surface area contributed by atoms with E-state index in [2.05, 4.69) is 25.7 Å². The van der Waals surface area contributed by atoms with Gasteiger partial charge in [-0.15, -0.1) is 5.10 Å². The second-order valence-electron chi connectivity index (χ2n) is 6.69. The summed E-state index contributed by atoms with van der Waals surface area (Å²) in [5.74, 6) is -0.744. The molecule has 3 heterocycles. The first-order chi connectivity index (χ1) is 13.4. The van der Waals surface area contributed by atoms with E-state index in [0.717, 1.165) is 11.0 Å². The van der Waals surface area contributed by atoms with E-state index in [9.17, 15) is 9.18 Å². The van der Waals surface area contributed by atoms with Crippen LogP contribution in [0.4, 0.5) is 10.1 Å². The van der Waals surface area contributed by atoms with Gasteiger partial charge in [0, 0.05) is 11.4 Å². The number of hydrogen-bond acceptors (Lipinski definition) is 5. The zero-order valence-corrected chi connectivity index (χ0v) is 15.6. The molecule has 0 aliphatic rings. The third-order valence-electron chi connectivity index (χ3n) is 4.36. The zero-order valence-electron chi connectivity index (χ0n) is 15.6. The summed E-state index contributed by atoms with van der Waals surface area (Å²) >= 11 is 0. The number of pyridine rings is 1. The first-order valence-corrected chi connectivity index (χ1v) is 8.77. The Morgan fingerprint density at radius 2 is 1.93 bits per heavy atom. The van der Waals surface area contributed by atoms with Crippen LogP contribution in [0.3, 0.4) is 0 Å². The number of fused-ring (bicyclic) bond motifs is 1. The Morgan fingerprint density at radius 3 is 2.64 bits per heavy atom. The average molecular weight is 379 g/mol.